The largest absolute Gasteiger partial charge is 0.334 e. The lowest BCUT2D eigenvalue weighted by Gasteiger charge is -2.15. The Hall–Kier alpha value is -1.88. The van der Waals surface area contributed by atoms with Crippen LogP contribution in [0.2, 0.25) is 0 Å². The summed E-state index contributed by atoms with van der Waals surface area (Å²) in [6.07, 6.45) is 3.16. The molecule has 0 aliphatic heterocycles. The molecule has 2 N–H and O–H groups in total. The Labute approximate surface area is 146 Å². The number of hydrogen-bond acceptors (Lipinski definition) is 3. The summed E-state index contributed by atoms with van der Waals surface area (Å²) in [7, 11) is 0. The van der Waals surface area contributed by atoms with Gasteiger partial charge >= 0.3 is 6.03 Å². The molecule has 0 saturated heterocycles. The first-order chi connectivity index (χ1) is 11.7. The molecule has 2 aliphatic carbocycles. The van der Waals surface area contributed by atoms with Gasteiger partial charge in [-0.25, -0.2) is 9.78 Å². The van der Waals surface area contributed by atoms with E-state index in [2.05, 4.69) is 46.8 Å². The number of aromatic nitrogens is 1. The molecule has 24 heavy (non-hydrogen) atoms. The Bertz CT molecular complexity index is 757. The van der Waals surface area contributed by atoms with Crippen LogP contribution in [0.3, 0.4) is 0 Å². The van der Waals surface area contributed by atoms with E-state index in [-0.39, 0.29) is 18.1 Å². The molecular formula is C19H23N3OS. The minimum absolute atomic E-state index is 0.00300. The zero-order valence-corrected chi connectivity index (χ0v) is 14.9. The Morgan fingerprint density at radius 1 is 1.42 bits per heavy atom. The Morgan fingerprint density at radius 3 is 3.00 bits per heavy atom. The highest BCUT2D eigenvalue weighted by Gasteiger charge is 2.53. The van der Waals surface area contributed by atoms with Gasteiger partial charge in [-0.2, -0.15) is 0 Å². The van der Waals surface area contributed by atoms with Crippen LogP contribution in [0.15, 0.2) is 29.6 Å². The molecule has 1 fully saturated rings. The third kappa shape index (κ3) is 2.81. The number of fused-ring (bicyclic) bond motifs is 3. The van der Waals surface area contributed by atoms with Crippen molar-refractivity contribution in [1.29, 1.82) is 0 Å². The molecule has 0 radical (unpaired) electrons. The summed E-state index contributed by atoms with van der Waals surface area (Å²) in [4.78, 5) is 17.0. The number of aryl methyl sites for hydroxylation is 2. The number of thiazole rings is 1. The Kier molecular flexibility index (Phi) is 4.04. The number of benzene rings is 1. The second-order valence-electron chi connectivity index (χ2n) is 6.86. The summed E-state index contributed by atoms with van der Waals surface area (Å²) in [5, 5.41) is 9.33. The maximum atomic E-state index is 12.5. The van der Waals surface area contributed by atoms with Crippen LogP contribution in [0, 0.1) is 12.8 Å². The van der Waals surface area contributed by atoms with Crippen molar-refractivity contribution in [2.45, 2.75) is 51.1 Å². The molecule has 2 amide bonds. The van der Waals surface area contributed by atoms with E-state index in [4.69, 9.17) is 0 Å². The number of nitrogens with one attached hydrogen (secondary N) is 2. The number of carbonyl (C=O) groups is 1. The monoisotopic (exact) mass is 341 g/mol. The normalized spacial score (nSPS) is 25.3. The number of urea groups is 1. The van der Waals surface area contributed by atoms with E-state index in [1.54, 1.807) is 11.3 Å². The van der Waals surface area contributed by atoms with E-state index in [0.29, 0.717) is 11.8 Å². The van der Waals surface area contributed by atoms with Gasteiger partial charge in [0.2, 0.25) is 0 Å². The van der Waals surface area contributed by atoms with E-state index in [9.17, 15) is 4.79 Å². The maximum absolute atomic E-state index is 12.5. The zero-order chi connectivity index (χ0) is 16.7. The van der Waals surface area contributed by atoms with E-state index >= 15 is 0 Å². The van der Waals surface area contributed by atoms with Crippen LogP contribution in [0.1, 0.15) is 53.6 Å². The standard InChI is InChI=1S/C19H23N3OS/c1-3-15(18-20-11(2)10-24-18)21-19(23)22-17-14-9-8-12-6-4-5-7-13(12)16(14)17/h4-7,10,14-17H,3,8-9H2,1-2H3,(H2,21,22,23). The van der Waals surface area contributed by atoms with Gasteiger partial charge in [-0.15, -0.1) is 11.3 Å². The summed E-state index contributed by atoms with van der Waals surface area (Å²) >= 11 is 1.62. The summed E-state index contributed by atoms with van der Waals surface area (Å²) in [5.74, 6) is 1.11. The van der Waals surface area contributed by atoms with Gasteiger partial charge in [0, 0.05) is 23.0 Å². The van der Waals surface area contributed by atoms with Crippen LogP contribution in [0.25, 0.3) is 0 Å². The van der Waals surface area contributed by atoms with Crippen molar-refractivity contribution < 1.29 is 4.79 Å². The van der Waals surface area contributed by atoms with Gasteiger partial charge in [0.1, 0.15) is 5.01 Å². The van der Waals surface area contributed by atoms with Gasteiger partial charge in [0.05, 0.1) is 6.04 Å². The highest BCUT2D eigenvalue weighted by molar-refractivity contribution is 7.09. The minimum atomic E-state index is -0.0633. The third-order valence-corrected chi connectivity index (χ3v) is 6.35. The Balaban J connectivity index is 1.39. The number of hydrogen-bond donors (Lipinski definition) is 2. The lowest BCUT2D eigenvalue weighted by molar-refractivity contribution is 0.235. The summed E-state index contributed by atoms with van der Waals surface area (Å²) in [6.45, 7) is 4.06. The lowest BCUT2D eigenvalue weighted by Crippen LogP contribution is -2.39. The molecule has 1 aromatic carbocycles. The van der Waals surface area contributed by atoms with Crippen molar-refractivity contribution in [1.82, 2.24) is 15.6 Å². The van der Waals surface area contributed by atoms with E-state index in [1.807, 2.05) is 12.3 Å². The van der Waals surface area contributed by atoms with Crippen LogP contribution in [-0.2, 0) is 6.42 Å². The molecule has 1 aromatic heterocycles. The van der Waals surface area contributed by atoms with Gasteiger partial charge in [-0.1, -0.05) is 31.2 Å². The first-order valence-electron chi connectivity index (χ1n) is 8.74. The van der Waals surface area contributed by atoms with Gasteiger partial charge in [-0.3, -0.25) is 0 Å². The van der Waals surface area contributed by atoms with Crippen LogP contribution in [-0.4, -0.2) is 17.1 Å². The van der Waals surface area contributed by atoms with Gasteiger partial charge < -0.3 is 10.6 Å². The average molecular weight is 341 g/mol. The predicted octanol–water partition coefficient (Wildman–Crippen LogP) is 3.93. The van der Waals surface area contributed by atoms with Crippen LogP contribution < -0.4 is 10.6 Å². The van der Waals surface area contributed by atoms with Crippen LogP contribution >= 0.6 is 11.3 Å². The maximum Gasteiger partial charge on any atom is 0.315 e. The Morgan fingerprint density at radius 2 is 2.25 bits per heavy atom. The van der Waals surface area contributed by atoms with Crippen molar-refractivity contribution in [3.63, 3.8) is 0 Å². The molecule has 4 rings (SSSR count). The predicted molar refractivity (Wildman–Crippen MR) is 96.3 cm³/mol. The van der Waals surface area contributed by atoms with Gasteiger partial charge in [-0.05, 0) is 43.2 Å². The molecule has 2 aromatic rings. The second-order valence-corrected chi connectivity index (χ2v) is 7.75. The number of amides is 2. The summed E-state index contributed by atoms with van der Waals surface area (Å²) in [5.41, 5.74) is 3.90. The van der Waals surface area contributed by atoms with Crippen LogP contribution in [0.5, 0.6) is 0 Å². The smallest absolute Gasteiger partial charge is 0.315 e. The molecule has 4 nitrogen and oxygen atoms in total. The first-order valence-corrected chi connectivity index (χ1v) is 9.62. The van der Waals surface area contributed by atoms with E-state index in [1.165, 1.54) is 17.5 Å². The third-order valence-electron chi connectivity index (χ3n) is 5.28. The van der Waals surface area contributed by atoms with E-state index < -0.39 is 0 Å². The first kappa shape index (κ1) is 15.6. The van der Waals surface area contributed by atoms with Crippen molar-refractivity contribution in [2.75, 3.05) is 0 Å². The fourth-order valence-corrected chi connectivity index (χ4v) is 4.92. The molecule has 126 valence electrons. The zero-order valence-electron chi connectivity index (χ0n) is 14.1. The van der Waals surface area contributed by atoms with Crippen LogP contribution in [0.4, 0.5) is 4.79 Å². The average Bonchev–Trinajstić information content (AvgIpc) is 3.12. The molecule has 4 atom stereocenters. The molecule has 1 heterocycles. The highest BCUT2D eigenvalue weighted by Crippen LogP contribution is 2.54. The minimum Gasteiger partial charge on any atom is -0.334 e. The molecular weight excluding hydrogens is 318 g/mol. The SMILES string of the molecule is CCC(NC(=O)NC1C2CCc3ccccc3C21)c1nc(C)cs1. The molecule has 2 aliphatic rings. The lowest BCUT2D eigenvalue weighted by atomic mass is 9.92. The number of nitrogens with zero attached hydrogens (tertiary/aromatic N) is 1. The second kappa shape index (κ2) is 6.20. The molecule has 1 saturated carbocycles. The molecule has 5 heteroatoms. The van der Waals surface area contributed by atoms with Crippen molar-refractivity contribution in [3.8, 4) is 0 Å². The fraction of sp³-hybridized carbons (Fsp3) is 0.474. The topological polar surface area (TPSA) is 54.0 Å². The van der Waals surface area contributed by atoms with Gasteiger partial charge in [0.25, 0.3) is 0 Å². The summed E-state index contributed by atoms with van der Waals surface area (Å²) < 4.78 is 0. The number of carbonyl (C=O) groups excluding carboxylic acids is 1. The summed E-state index contributed by atoms with van der Waals surface area (Å²) in [6, 6.07) is 8.87. The highest BCUT2D eigenvalue weighted by atomic mass is 32.1. The molecule has 0 bridgehead atoms. The van der Waals surface area contributed by atoms with E-state index in [0.717, 1.165) is 23.5 Å². The molecule has 0 spiro atoms. The molecule has 4 unspecified atom stereocenters. The van der Waals surface area contributed by atoms with Crippen molar-refractivity contribution >= 4 is 17.4 Å². The van der Waals surface area contributed by atoms with Crippen molar-refractivity contribution in [2.24, 2.45) is 5.92 Å². The van der Waals surface area contributed by atoms with Crippen molar-refractivity contribution in [3.05, 3.63) is 51.5 Å². The quantitative estimate of drug-likeness (QED) is 0.885. The van der Waals surface area contributed by atoms with Gasteiger partial charge in [0.15, 0.2) is 0 Å². The number of rotatable bonds is 4. The fourth-order valence-electron chi connectivity index (χ4n) is 3.99.